The fraction of sp³-hybridized carbons (Fsp3) is 0.414. The molecule has 214 valence electrons. The molecule has 0 spiro atoms. The number of benzene rings is 1. The number of ketones is 1. The van der Waals surface area contributed by atoms with Crippen LogP contribution in [0.5, 0.6) is 0 Å². The van der Waals surface area contributed by atoms with Crippen molar-refractivity contribution in [2.24, 2.45) is 0 Å². The summed E-state index contributed by atoms with van der Waals surface area (Å²) in [6.45, 7) is 1.18. The van der Waals surface area contributed by atoms with Crippen molar-refractivity contribution >= 4 is 17.3 Å². The van der Waals surface area contributed by atoms with Crippen molar-refractivity contribution in [2.75, 3.05) is 13.1 Å². The lowest BCUT2D eigenvalue weighted by atomic mass is 10.0. The monoisotopic (exact) mass is 566 g/mol. The van der Waals surface area contributed by atoms with E-state index in [1.54, 1.807) is 46.2 Å². The smallest absolute Gasteiger partial charge is 0.380 e. The van der Waals surface area contributed by atoms with E-state index in [0.29, 0.717) is 42.8 Å². The van der Waals surface area contributed by atoms with Crippen molar-refractivity contribution in [1.29, 1.82) is 0 Å². The van der Waals surface area contributed by atoms with E-state index in [9.17, 15) is 27.9 Å². The molecule has 1 N–H and O–H groups in total. The summed E-state index contributed by atoms with van der Waals surface area (Å²) in [6, 6.07) is 9.16. The van der Waals surface area contributed by atoms with Crippen molar-refractivity contribution in [3.8, 4) is 22.4 Å². The van der Waals surface area contributed by atoms with Crippen molar-refractivity contribution < 1.29 is 27.9 Å². The minimum atomic E-state index is -4.35. The largest absolute Gasteiger partial charge is 0.389 e. The number of fused-ring (bicyclic) bond motifs is 1. The topological polar surface area (TPSA) is 106 Å². The van der Waals surface area contributed by atoms with Crippen LogP contribution in [0.3, 0.4) is 0 Å². The molecule has 0 unspecified atom stereocenters. The van der Waals surface area contributed by atoms with Crippen LogP contribution in [0.2, 0.25) is 0 Å². The van der Waals surface area contributed by atoms with E-state index in [0.717, 1.165) is 29.5 Å². The average Bonchev–Trinajstić information content (AvgIpc) is 3.34. The third kappa shape index (κ3) is 5.88. The second kappa shape index (κ2) is 10.4. The van der Waals surface area contributed by atoms with Crippen molar-refractivity contribution in [3.05, 3.63) is 60.7 Å². The summed E-state index contributed by atoms with van der Waals surface area (Å²) in [6.07, 6.45) is 3.69. The number of rotatable bonds is 8. The van der Waals surface area contributed by atoms with Crippen LogP contribution in [0.4, 0.5) is 13.2 Å². The van der Waals surface area contributed by atoms with Gasteiger partial charge >= 0.3 is 6.18 Å². The van der Waals surface area contributed by atoms with E-state index in [-0.39, 0.29) is 18.4 Å². The molecule has 9 nitrogen and oxygen atoms in total. The predicted octanol–water partition coefficient (Wildman–Crippen LogP) is 4.40. The molecular formula is C29H29F3N6O3. The molecular weight excluding hydrogens is 537 g/mol. The van der Waals surface area contributed by atoms with E-state index < -0.39 is 30.4 Å². The number of halogens is 3. The summed E-state index contributed by atoms with van der Waals surface area (Å²) >= 11 is 0. The molecule has 1 aromatic carbocycles. The zero-order valence-electron chi connectivity index (χ0n) is 22.2. The van der Waals surface area contributed by atoms with Gasteiger partial charge in [0, 0.05) is 48.8 Å². The molecule has 4 aromatic rings. The molecule has 2 aliphatic rings. The molecule has 6 rings (SSSR count). The molecule has 3 aromatic heterocycles. The number of aliphatic hydroxyl groups is 1. The number of hydrogen-bond acceptors (Lipinski definition) is 6. The first-order valence-electron chi connectivity index (χ1n) is 13.7. The van der Waals surface area contributed by atoms with Gasteiger partial charge in [-0.2, -0.15) is 23.4 Å². The van der Waals surface area contributed by atoms with Crippen molar-refractivity contribution in [3.63, 3.8) is 0 Å². The van der Waals surface area contributed by atoms with Gasteiger partial charge in [-0.3, -0.25) is 14.3 Å². The second-order valence-electron chi connectivity index (χ2n) is 11.0. The van der Waals surface area contributed by atoms with Crippen LogP contribution in [0.15, 0.2) is 55.1 Å². The van der Waals surface area contributed by atoms with Gasteiger partial charge in [0.15, 0.2) is 5.65 Å². The number of alkyl halides is 3. The first-order valence-corrected chi connectivity index (χ1v) is 13.7. The summed E-state index contributed by atoms with van der Waals surface area (Å²) in [5.41, 5.74) is 3.29. The maximum absolute atomic E-state index is 12.5. The van der Waals surface area contributed by atoms with Gasteiger partial charge in [0.25, 0.3) is 5.91 Å². The van der Waals surface area contributed by atoms with Gasteiger partial charge < -0.3 is 10.0 Å². The van der Waals surface area contributed by atoms with Crippen LogP contribution in [0, 0.1) is 0 Å². The number of carbonyl (C=O) groups excluding carboxylic acids is 2. The fourth-order valence-electron chi connectivity index (χ4n) is 5.32. The standard InChI is InChI=1S/C29H29F3N6O3/c30-29(31,32)7-4-24(39)13-19-2-1-3-20(12-19)25-17-33-26-14-21(15-35-38(25)26)22-16-34-37(18-22)23-5-10-36(11-6-23)27(40)28(41)8-9-28/h1-3,12,14-18,23,41H,4-11,13H2. The zero-order chi connectivity index (χ0) is 28.8. The molecule has 1 saturated carbocycles. The lowest BCUT2D eigenvalue weighted by molar-refractivity contribution is -0.143. The molecule has 4 heterocycles. The number of amides is 1. The van der Waals surface area contributed by atoms with Gasteiger partial charge in [0.2, 0.25) is 0 Å². The second-order valence-corrected chi connectivity index (χ2v) is 11.0. The predicted molar refractivity (Wildman–Crippen MR) is 143 cm³/mol. The molecule has 1 saturated heterocycles. The first-order chi connectivity index (χ1) is 19.6. The molecule has 0 atom stereocenters. The molecule has 1 amide bonds. The maximum atomic E-state index is 12.5. The summed E-state index contributed by atoms with van der Waals surface area (Å²) in [5, 5.41) is 19.3. The van der Waals surface area contributed by atoms with Crippen LogP contribution < -0.4 is 0 Å². The third-order valence-corrected chi connectivity index (χ3v) is 7.85. The summed E-state index contributed by atoms with van der Waals surface area (Å²) in [7, 11) is 0. The highest BCUT2D eigenvalue weighted by Crippen LogP contribution is 2.38. The number of piperidine rings is 1. The maximum Gasteiger partial charge on any atom is 0.389 e. The highest BCUT2D eigenvalue weighted by molar-refractivity contribution is 5.87. The van der Waals surface area contributed by atoms with Gasteiger partial charge in [0.05, 0.1) is 36.7 Å². The summed E-state index contributed by atoms with van der Waals surface area (Å²) in [5.74, 6) is -0.617. The Labute approximate surface area is 233 Å². The van der Waals surface area contributed by atoms with Crippen molar-refractivity contribution in [1.82, 2.24) is 29.3 Å². The van der Waals surface area contributed by atoms with Crippen LogP contribution >= 0.6 is 0 Å². The molecule has 0 bridgehead atoms. The van der Waals surface area contributed by atoms with Gasteiger partial charge in [0.1, 0.15) is 11.4 Å². The number of carbonyl (C=O) groups is 2. The Bertz CT molecular complexity index is 1600. The SMILES string of the molecule is O=C(CCC(F)(F)F)Cc1cccc(-c2cnc3cc(-c4cnn(C5CCN(C(=O)C6(O)CC6)CC5)c4)cnn23)c1. The Kier molecular flexibility index (Phi) is 6.88. The Hall–Kier alpha value is -4.06. The lowest BCUT2D eigenvalue weighted by Gasteiger charge is -2.33. The van der Waals surface area contributed by atoms with Gasteiger partial charge in [-0.15, -0.1) is 0 Å². The molecule has 1 aliphatic heterocycles. The van der Waals surface area contributed by atoms with Crippen LogP contribution in [-0.2, 0) is 16.0 Å². The Morgan fingerprint density at radius 1 is 1.00 bits per heavy atom. The number of Topliss-reactive ketones (excluding diaryl/α,β-unsaturated/α-hetero) is 1. The Morgan fingerprint density at radius 2 is 1.76 bits per heavy atom. The minimum absolute atomic E-state index is 0.0697. The summed E-state index contributed by atoms with van der Waals surface area (Å²) in [4.78, 5) is 30.7. The Morgan fingerprint density at radius 3 is 2.49 bits per heavy atom. The quantitative estimate of drug-likeness (QED) is 0.339. The van der Waals surface area contributed by atoms with Crippen LogP contribution in [-0.4, -0.2) is 70.9 Å². The number of likely N-dealkylation sites (tertiary alicyclic amines) is 1. The number of nitrogens with zero attached hydrogens (tertiary/aromatic N) is 6. The number of aromatic nitrogens is 5. The molecule has 2 fully saturated rings. The number of hydrogen-bond donors (Lipinski definition) is 1. The molecule has 41 heavy (non-hydrogen) atoms. The highest BCUT2D eigenvalue weighted by atomic mass is 19.4. The van der Waals surface area contributed by atoms with Crippen LogP contribution in [0.25, 0.3) is 28.0 Å². The first kappa shape index (κ1) is 27.1. The van der Waals surface area contributed by atoms with Crippen LogP contribution in [0.1, 0.15) is 50.1 Å². The molecule has 12 heteroatoms. The lowest BCUT2D eigenvalue weighted by Crippen LogP contribution is -2.45. The number of imidazole rings is 1. The third-order valence-electron chi connectivity index (χ3n) is 7.85. The molecule has 1 aliphatic carbocycles. The normalized spacial score (nSPS) is 17.2. The average molecular weight is 567 g/mol. The van der Waals surface area contributed by atoms with Gasteiger partial charge in [-0.05, 0) is 43.4 Å². The van der Waals surface area contributed by atoms with E-state index in [4.69, 9.17) is 0 Å². The molecule has 0 radical (unpaired) electrons. The summed E-state index contributed by atoms with van der Waals surface area (Å²) < 4.78 is 41.0. The van der Waals surface area contributed by atoms with Gasteiger partial charge in [-0.1, -0.05) is 18.2 Å². The van der Waals surface area contributed by atoms with E-state index in [2.05, 4.69) is 15.2 Å². The fourth-order valence-corrected chi connectivity index (χ4v) is 5.32. The van der Waals surface area contributed by atoms with Crippen molar-refractivity contribution in [2.45, 2.75) is 62.8 Å². The van der Waals surface area contributed by atoms with Gasteiger partial charge in [-0.25, -0.2) is 9.50 Å². The minimum Gasteiger partial charge on any atom is -0.380 e. The van der Waals surface area contributed by atoms with E-state index >= 15 is 0 Å². The van der Waals surface area contributed by atoms with E-state index in [1.807, 2.05) is 23.0 Å². The Balaban J connectivity index is 1.13. The highest BCUT2D eigenvalue weighted by Gasteiger charge is 2.50. The van der Waals surface area contributed by atoms with E-state index in [1.165, 1.54) is 0 Å². The zero-order valence-corrected chi connectivity index (χ0v) is 22.2.